The Hall–Kier alpha value is -2.73. The number of nitrogens with one attached hydrogen (secondary N) is 1. The maximum atomic E-state index is 12.1. The molecule has 1 amide bonds. The van der Waals surface area contributed by atoms with Gasteiger partial charge in [0.2, 0.25) is 0 Å². The largest absolute Gasteiger partial charge is 0.375 e. The Morgan fingerprint density at radius 1 is 1.23 bits per heavy atom. The summed E-state index contributed by atoms with van der Waals surface area (Å²) in [5.74, 6) is -0.373. The smallest absolute Gasteiger partial charge is 0.270 e. The van der Waals surface area contributed by atoms with Gasteiger partial charge in [0.15, 0.2) is 0 Å². The number of benzene rings is 2. The van der Waals surface area contributed by atoms with Crippen molar-refractivity contribution in [2.75, 3.05) is 13.7 Å². The molecule has 2 rings (SSSR count). The van der Waals surface area contributed by atoms with Gasteiger partial charge in [-0.1, -0.05) is 36.4 Å². The first kappa shape index (κ1) is 15.7. The van der Waals surface area contributed by atoms with E-state index in [0.29, 0.717) is 0 Å². The molecule has 6 nitrogen and oxygen atoms in total. The van der Waals surface area contributed by atoms with Crippen molar-refractivity contribution in [1.82, 2.24) is 5.32 Å². The quantitative estimate of drug-likeness (QED) is 0.657. The molecule has 0 saturated carbocycles. The van der Waals surface area contributed by atoms with Gasteiger partial charge in [0.05, 0.1) is 11.0 Å². The number of hydrogen-bond donors (Lipinski definition) is 1. The molecule has 114 valence electrons. The summed E-state index contributed by atoms with van der Waals surface area (Å²) in [6.45, 7) is 0.280. The number of nitro benzene ring substituents is 1. The third-order valence-electron chi connectivity index (χ3n) is 3.22. The summed E-state index contributed by atoms with van der Waals surface area (Å²) in [7, 11) is 1.57. The van der Waals surface area contributed by atoms with Gasteiger partial charge in [0, 0.05) is 31.4 Å². The Kier molecular flexibility index (Phi) is 5.21. The fourth-order valence-electron chi connectivity index (χ4n) is 2.05. The summed E-state index contributed by atoms with van der Waals surface area (Å²) in [4.78, 5) is 22.3. The third-order valence-corrected chi connectivity index (χ3v) is 3.22. The molecule has 2 aromatic carbocycles. The summed E-state index contributed by atoms with van der Waals surface area (Å²) in [6.07, 6.45) is -0.274. The molecule has 0 heterocycles. The van der Waals surface area contributed by atoms with Crippen LogP contribution in [0, 0.1) is 10.1 Å². The van der Waals surface area contributed by atoms with Crippen molar-refractivity contribution in [3.63, 3.8) is 0 Å². The second-order valence-electron chi connectivity index (χ2n) is 4.65. The van der Waals surface area contributed by atoms with Crippen LogP contribution in [0.3, 0.4) is 0 Å². The predicted molar refractivity (Wildman–Crippen MR) is 81.6 cm³/mol. The zero-order chi connectivity index (χ0) is 15.9. The lowest BCUT2D eigenvalue weighted by Crippen LogP contribution is -2.29. The molecule has 0 spiro atoms. The van der Waals surface area contributed by atoms with E-state index in [-0.39, 0.29) is 29.8 Å². The summed E-state index contributed by atoms with van der Waals surface area (Å²) in [5.41, 5.74) is 1.08. The van der Waals surface area contributed by atoms with Crippen LogP contribution in [0.1, 0.15) is 22.0 Å². The topological polar surface area (TPSA) is 81.5 Å². The van der Waals surface area contributed by atoms with Crippen molar-refractivity contribution in [2.45, 2.75) is 6.10 Å². The van der Waals surface area contributed by atoms with E-state index in [0.717, 1.165) is 5.56 Å². The highest BCUT2D eigenvalue weighted by Crippen LogP contribution is 2.16. The van der Waals surface area contributed by atoms with Crippen LogP contribution < -0.4 is 5.32 Å². The number of nitro groups is 1. The van der Waals surface area contributed by atoms with Crippen LogP contribution in [-0.4, -0.2) is 24.5 Å². The Labute approximate surface area is 127 Å². The molecule has 1 unspecified atom stereocenters. The molecule has 0 fully saturated rings. The van der Waals surface area contributed by atoms with Crippen molar-refractivity contribution in [3.05, 3.63) is 75.8 Å². The first-order valence-electron chi connectivity index (χ1n) is 6.72. The number of ether oxygens (including phenoxy) is 1. The summed E-state index contributed by atoms with van der Waals surface area (Å²) in [5, 5.41) is 13.5. The second kappa shape index (κ2) is 7.33. The van der Waals surface area contributed by atoms with Crippen LogP contribution in [-0.2, 0) is 4.74 Å². The molecule has 0 aliphatic heterocycles. The standard InChI is InChI=1S/C16H16N2O4/c1-22-15(12-6-3-2-4-7-12)11-17-16(19)13-8-5-9-14(10-13)18(20)21/h2-10,15H,11H2,1H3,(H,17,19). The van der Waals surface area contributed by atoms with E-state index in [1.165, 1.54) is 24.3 Å². The second-order valence-corrected chi connectivity index (χ2v) is 4.65. The highest BCUT2D eigenvalue weighted by atomic mass is 16.6. The average molecular weight is 300 g/mol. The van der Waals surface area contributed by atoms with Crippen LogP contribution >= 0.6 is 0 Å². The SMILES string of the molecule is COC(CNC(=O)c1cccc([N+](=O)[O-])c1)c1ccccc1. The zero-order valence-electron chi connectivity index (χ0n) is 12.1. The Morgan fingerprint density at radius 3 is 2.59 bits per heavy atom. The number of non-ortho nitro benzene ring substituents is 1. The molecular weight excluding hydrogens is 284 g/mol. The monoisotopic (exact) mass is 300 g/mol. The average Bonchev–Trinajstić information content (AvgIpc) is 2.56. The van der Waals surface area contributed by atoms with Gasteiger partial charge in [-0.3, -0.25) is 14.9 Å². The number of hydrogen-bond acceptors (Lipinski definition) is 4. The van der Waals surface area contributed by atoms with E-state index in [9.17, 15) is 14.9 Å². The van der Waals surface area contributed by atoms with Gasteiger partial charge in [-0.05, 0) is 11.6 Å². The van der Waals surface area contributed by atoms with E-state index < -0.39 is 4.92 Å². The first-order valence-corrected chi connectivity index (χ1v) is 6.72. The zero-order valence-corrected chi connectivity index (χ0v) is 12.1. The molecule has 0 saturated heterocycles. The summed E-state index contributed by atoms with van der Waals surface area (Å²) in [6, 6.07) is 15.1. The number of amides is 1. The van der Waals surface area contributed by atoms with Crippen molar-refractivity contribution >= 4 is 11.6 Å². The van der Waals surface area contributed by atoms with Crippen molar-refractivity contribution in [2.24, 2.45) is 0 Å². The molecule has 0 aromatic heterocycles. The van der Waals surface area contributed by atoms with Gasteiger partial charge < -0.3 is 10.1 Å². The fraction of sp³-hybridized carbons (Fsp3) is 0.188. The van der Waals surface area contributed by atoms with E-state index in [2.05, 4.69) is 5.32 Å². The first-order chi connectivity index (χ1) is 10.6. The van der Waals surface area contributed by atoms with Gasteiger partial charge in [0.25, 0.3) is 11.6 Å². The summed E-state index contributed by atoms with van der Waals surface area (Å²) < 4.78 is 5.36. The lowest BCUT2D eigenvalue weighted by Gasteiger charge is -2.16. The molecule has 2 aromatic rings. The number of nitrogens with zero attached hydrogens (tertiary/aromatic N) is 1. The van der Waals surface area contributed by atoms with Crippen LogP contribution in [0.2, 0.25) is 0 Å². The summed E-state index contributed by atoms with van der Waals surface area (Å²) >= 11 is 0. The van der Waals surface area contributed by atoms with Crippen molar-refractivity contribution in [3.8, 4) is 0 Å². The molecule has 0 aliphatic carbocycles. The van der Waals surface area contributed by atoms with E-state index in [4.69, 9.17) is 4.74 Å². The lowest BCUT2D eigenvalue weighted by molar-refractivity contribution is -0.384. The Morgan fingerprint density at radius 2 is 1.95 bits per heavy atom. The molecule has 1 atom stereocenters. The Balaban J connectivity index is 2.03. The number of carbonyl (C=O) groups is 1. The van der Waals surface area contributed by atoms with Crippen molar-refractivity contribution < 1.29 is 14.5 Å². The van der Waals surface area contributed by atoms with E-state index >= 15 is 0 Å². The molecular formula is C16H16N2O4. The minimum atomic E-state index is -0.529. The van der Waals surface area contributed by atoms with Gasteiger partial charge in [0.1, 0.15) is 0 Å². The van der Waals surface area contributed by atoms with Gasteiger partial charge in [-0.2, -0.15) is 0 Å². The molecule has 0 aliphatic rings. The van der Waals surface area contributed by atoms with E-state index in [1.54, 1.807) is 7.11 Å². The van der Waals surface area contributed by atoms with Crippen LogP contribution in [0.15, 0.2) is 54.6 Å². The fourth-order valence-corrected chi connectivity index (χ4v) is 2.05. The lowest BCUT2D eigenvalue weighted by atomic mass is 10.1. The van der Waals surface area contributed by atoms with Crippen LogP contribution in [0.25, 0.3) is 0 Å². The maximum absolute atomic E-state index is 12.1. The van der Waals surface area contributed by atoms with Gasteiger partial charge >= 0.3 is 0 Å². The van der Waals surface area contributed by atoms with Crippen LogP contribution in [0.4, 0.5) is 5.69 Å². The van der Waals surface area contributed by atoms with E-state index in [1.807, 2.05) is 30.3 Å². The molecule has 1 N–H and O–H groups in total. The Bertz CT molecular complexity index is 658. The number of rotatable bonds is 6. The molecule has 0 bridgehead atoms. The number of methoxy groups -OCH3 is 1. The van der Waals surface area contributed by atoms with Crippen molar-refractivity contribution in [1.29, 1.82) is 0 Å². The molecule has 0 radical (unpaired) electrons. The maximum Gasteiger partial charge on any atom is 0.270 e. The van der Waals surface area contributed by atoms with Crippen LogP contribution in [0.5, 0.6) is 0 Å². The highest BCUT2D eigenvalue weighted by molar-refractivity contribution is 5.94. The normalized spacial score (nSPS) is 11.7. The molecule has 6 heteroatoms. The highest BCUT2D eigenvalue weighted by Gasteiger charge is 2.14. The molecule has 22 heavy (non-hydrogen) atoms. The van der Waals surface area contributed by atoms with Gasteiger partial charge in [-0.25, -0.2) is 0 Å². The minimum absolute atomic E-state index is 0.112. The van der Waals surface area contributed by atoms with Gasteiger partial charge in [-0.15, -0.1) is 0 Å². The minimum Gasteiger partial charge on any atom is -0.375 e. The number of carbonyl (C=O) groups excluding carboxylic acids is 1. The predicted octanol–water partition coefficient (Wildman–Crippen LogP) is 2.71. The third kappa shape index (κ3) is 3.89.